The maximum Gasteiger partial charge on any atom is 0.257 e. The van der Waals surface area contributed by atoms with Gasteiger partial charge in [-0.25, -0.2) is 0 Å². The molecule has 1 aromatic heterocycles. The fourth-order valence-corrected chi connectivity index (χ4v) is 3.94. The average molecular weight is 492 g/mol. The van der Waals surface area contributed by atoms with Crippen LogP contribution in [0.2, 0.25) is 0 Å². The lowest BCUT2D eigenvalue weighted by atomic mass is 10.1. The van der Waals surface area contributed by atoms with Gasteiger partial charge >= 0.3 is 0 Å². The van der Waals surface area contributed by atoms with Gasteiger partial charge in [0.15, 0.2) is 11.5 Å². The van der Waals surface area contributed by atoms with Gasteiger partial charge in [-0.1, -0.05) is 30.3 Å². The third kappa shape index (κ3) is 5.31. The first kappa shape index (κ1) is 23.7. The highest BCUT2D eigenvalue weighted by Gasteiger charge is 2.13. The van der Waals surface area contributed by atoms with Crippen molar-refractivity contribution in [2.24, 2.45) is 0 Å². The van der Waals surface area contributed by atoms with Gasteiger partial charge in [0.2, 0.25) is 0 Å². The highest BCUT2D eigenvalue weighted by atomic mass is 16.5. The summed E-state index contributed by atoms with van der Waals surface area (Å²) in [5.74, 6) is 2.22. The highest BCUT2D eigenvalue weighted by Crippen LogP contribution is 2.37. The molecule has 0 atom stereocenters. The number of amides is 1. The molecule has 7 nitrogen and oxygen atoms in total. The number of hydrogen-bond acceptors (Lipinski definition) is 6. The van der Waals surface area contributed by atoms with Gasteiger partial charge < -0.3 is 24.8 Å². The molecule has 0 bridgehead atoms. The van der Waals surface area contributed by atoms with Crippen molar-refractivity contribution >= 4 is 33.9 Å². The molecule has 37 heavy (non-hydrogen) atoms. The van der Waals surface area contributed by atoms with Crippen molar-refractivity contribution < 1.29 is 19.0 Å². The number of aromatic nitrogens is 1. The molecule has 0 saturated heterocycles. The maximum absolute atomic E-state index is 13.0. The molecule has 1 amide bonds. The Morgan fingerprint density at radius 1 is 0.730 bits per heavy atom. The van der Waals surface area contributed by atoms with Crippen molar-refractivity contribution in [3.8, 4) is 23.0 Å². The molecule has 0 saturated carbocycles. The van der Waals surface area contributed by atoms with Crippen LogP contribution in [-0.4, -0.2) is 25.1 Å². The van der Waals surface area contributed by atoms with Gasteiger partial charge in [0.25, 0.3) is 5.91 Å². The second-order valence-electron chi connectivity index (χ2n) is 8.15. The van der Waals surface area contributed by atoms with Crippen LogP contribution in [0.5, 0.6) is 23.0 Å². The van der Waals surface area contributed by atoms with Crippen LogP contribution in [0.15, 0.2) is 103 Å². The van der Waals surface area contributed by atoms with Gasteiger partial charge in [-0.3, -0.25) is 9.78 Å². The van der Waals surface area contributed by atoms with E-state index in [2.05, 4.69) is 15.6 Å². The monoisotopic (exact) mass is 491 g/mol. The lowest BCUT2D eigenvalue weighted by molar-refractivity contribution is 0.102. The van der Waals surface area contributed by atoms with E-state index in [0.29, 0.717) is 34.2 Å². The summed E-state index contributed by atoms with van der Waals surface area (Å²) in [6.07, 6.45) is 1.68. The second kappa shape index (κ2) is 10.7. The number of hydrogen-bond donors (Lipinski definition) is 2. The number of carbonyl (C=O) groups is 1. The van der Waals surface area contributed by atoms with Gasteiger partial charge in [-0.15, -0.1) is 0 Å². The molecule has 5 rings (SSSR count). The molecule has 5 aromatic rings. The quantitative estimate of drug-likeness (QED) is 0.242. The summed E-state index contributed by atoms with van der Waals surface area (Å²) < 4.78 is 16.9. The van der Waals surface area contributed by atoms with Gasteiger partial charge in [0.05, 0.1) is 31.0 Å². The fourth-order valence-electron chi connectivity index (χ4n) is 3.94. The number of rotatable bonds is 8. The zero-order valence-electron chi connectivity index (χ0n) is 20.4. The molecule has 2 N–H and O–H groups in total. The Balaban J connectivity index is 1.32. The molecule has 0 aliphatic carbocycles. The van der Waals surface area contributed by atoms with E-state index >= 15 is 0 Å². The predicted octanol–water partition coefficient (Wildman–Crippen LogP) is 7.04. The number of benzene rings is 4. The van der Waals surface area contributed by atoms with Crippen molar-refractivity contribution in [3.63, 3.8) is 0 Å². The van der Waals surface area contributed by atoms with Crippen molar-refractivity contribution in [1.29, 1.82) is 0 Å². The number of pyridine rings is 1. The van der Waals surface area contributed by atoms with Crippen LogP contribution in [0.4, 0.5) is 17.1 Å². The third-order valence-electron chi connectivity index (χ3n) is 5.77. The van der Waals surface area contributed by atoms with Gasteiger partial charge in [0.1, 0.15) is 11.5 Å². The Bertz CT molecular complexity index is 1540. The molecule has 0 radical (unpaired) electrons. The molecule has 0 aliphatic heterocycles. The lowest BCUT2D eigenvalue weighted by Crippen LogP contribution is -2.13. The first-order valence-corrected chi connectivity index (χ1v) is 11.7. The molecule has 0 fully saturated rings. The number of para-hydroxylation sites is 2. The number of carbonyl (C=O) groups excluding carboxylic acids is 1. The zero-order valence-corrected chi connectivity index (χ0v) is 20.4. The highest BCUT2D eigenvalue weighted by molar-refractivity contribution is 6.08. The Morgan fingerprint density at radius 2 is 1.43 bits per heavy atom. The van der Waals surface area contributed by atoms with E-state index in [4.69, 9.17) is 14.2 Å². The van der Waals surface area contributed by atoms with Crippen LogP contribution in [0.3, 0.4) is 0 Å². The normalized spacial score (nSPS) is 10.5. The van der Waals surface area contributed by atoms with E-state index in [1.165, 1.54) is 0 Å². The largest absolute Gasteiger partial charge is 0.493 e. The molecular formula is C30H25N3O4. The smallest absolute Gasteiger partial charge is 0.257 e. The van der Waals surface area contributed by atoms with E-state index in [1.54, 1.807) is 56.8 Å². The summed E-state index contributed by atoms with van der Waals surface area (Å²) in [6, 6.07) is 29.8. The minimum absolute atomic E-state index is 0.214. The number of ether oxygens (including phenoxy) is 3. The lowest BCUT2D eigenvalue weighted by Gasteiger charge is -2.13. The van der Waals surface area contributed by atoms with Crippen molar-refractivity contribution in [2.45, 2.75) is 0 Å². The first-order valence-electron chi connectivity index (χ1n) is 11.7. The molecule has 1 heterocycles. The molecule has 4 aromatic carbocycles. The number of anilines is 3. The molecule has 0 unspecified atom stereocenters. The fraction of sp³-hybridized carbons (Fsp3) is 0.0667. The summed E-state index contributed by atoms with van der Waals surface area (Å²) in [6.45, 7) is 0. The Labute approximate surface area is 214 Å². The van der Waals surface area contributed by atoms with Crippen LogP contribution in [-0.2, 0) is 0 Å². The SMILES string of the molecule is COc1cc2nccc(Oc3ccc(NC(=O)c4ccccc4Nc4ccccc4)cc3)c2cc1OC. The number of nitrogens with zero attached hydrogens (tertiary/aromatic N) is 1. The van der Waals surface area contributed by atoms with E-state index < -0.39 is 0 Å². The van der Waals surface area contributed by atoms with Crippen molar-refractivity contribution in [3.05, 3.63) is 109 Å². The maximum atomic E-state index is 13.0. The van der Waals surface area contributed by atoms with E-state index in [-0.39, 0.29) is 5.91 Å². The van der Waals surface area contributed by atoms with Crippen LogP contribution in [0, 0.1) is 0 Å². The third-order valence-corrected chi connectivity index (χ3v) is 5.77. The minimum atomic E-state index is -0.214. The summed E-state index contributed by atoms with van der Waals surface area (Å²) >= 11 is 0. The number of nitrogens with one attached hydrogen (secondary N) is 2. The molecule has 7 heteroatoms. The van der Waals surface area contributed by atoms with Crippen molar-refractivity contribution in [1.82, 2.24) is 4.98 Å². The topological polar surface area (TPSA) is 81.7 Å². The summed E-state index contributed by atoms with van der Waals surface area (Å²) in [7, 11) is 3.17. The Hall–Kier alpha value is -5.04. The summed E-state index contributed by atoms with van der Waals surface area (Å²) in [5, 5.41) is 7.05. The van der Waals surface area contributed by atoms with Gasteiger partial charge in [-0.2, -0.15) is 0 Å². The average Bonchev–Trinajstić information content (AvgIpc) is 2.94. The van der Waals surface area contributed by atoms with Gasteiger partial charge in [-0.05, 0) is 60.7 Å². The first-order chi connectivity index (χ1) is 18.1. The summed E-state index contributed by atoms with van der Waals surface area (Å²) in [4.78, 5) is 17.5. The Morgan fingerprint density at radius 3 is 2.19 bits per heavy atom. The molecule has 0 spiro atoms. The van der Waals surface area contributed by atoms with Crippen LogP contribution < -0.4 is 24.8 Å². The second-order valence-corrected chi connectivity index (χ2v) is 8.15. The summed E-state index contributed by atoms with van der Waals surface area (Å²) in [5.41, 5.74) is 3.55. The molecule has 184 valence electrons. The number of methoxy groups -OCH3 is 2. The van der Waals surface area contributed by atoms with Crippen LogP contribution >= 0.6 is 0 Å². The molecular weight excluding hydrogens is 466 g/mol. The predicted molar refractivity (Wildman–Crippen MR) is 145 cm³/mol. The van der Waals surface area contributed by atoms with Crippen molar-refractivity contribution in [2.75, 3.05) is 24.9 Å². The van der Waals surface area contributed by atoms with E-state index in [9.17, 15) is 4.79 Å². The van der Waals surface area contributed by atoms with E-state index in [1.807, 2.05) is 60.7 Å². The standard InChI is InChI=1S/C30H25N3O4/c1-35-28-18-24-26(19-29(28)36-2)31-17-16-27(24)37-22-14-12-21(13-15-22)33-30(34)23-10-6-7-11-25(23)32-20-8-4-3-5-9-20/h3-19,32H,1-2H3,(H,33,34). The van der Waals surface area contributed by atoms with Crippen LogP contribution in [0.1, 0.15) is 10.4 Å². The molecule has 0 aliphatic rings. The van der Waals surface area contributed by atoms with Crippen LogP contribution in [0.25, 0.3) is 10.9 Å². The minimum Gasteiger partial charge on any atom is -0.493 e. The Kier molecular flexibility index (Phi) is 6.85. The van der Waals surface area contributed by atoms with Gasteiger partial charge in [0, 0.05) is 29.0 Å². The zero-order chi connectivity index (χ0) is 25.6. The van der Waals surface area contributed by atoms with E-state index in [0.717, 1.165) is 22.3 Å². The number of fused-ring (bicyclic) bond motifs is 1.